The second kappa shape index (κ2) is 17.6. The fourth-order valence-electron chi connectivity index (χ4n) is 2.57. The third kappa shape index (κ3) is 26.5. The molecule has 0 rings (SSSR count). The van der Waals surface area contributed by atoms with Gasteiger partial charge in [-0.05, 0) is 95.5 Å². The van der Waals surface area contributed by atoms with Gasteiger partial charge in [0.25, 0.3) is 0 Å². The summed E-state index contributed by atoms with van der Waals surface area (Å²) in [5, 5.41) is 6.76. The predicted octanol–water partition coefficient (Wildman–Crippen LogP) is 6.51. The van der Waals surface area contributed by atoms with E-state index in [-0.39, 0.29) is 1.05 Å². The van der Waals surface area contributed by atoms with Crippen LogP contribution in [0.4, 0.5) is 0 Å². The third-order valence-corrected chi connectivity index (χ3v) is 2.79. The Kier molecular flexibility index (Phi) is 22.7. The van der Waals surface area contributed by atoms with Crippen molar-refractivity contribution < 1.29 is 9.28 Å². The molecule has 128 valence electrons. The zero-order valence-corrected chi connectivity index (χ0v) is 19.8. The van der Waals surface area contributed by atoms with E-state index in [1.54, 1.807) is 0 Å². The molecule has 0 amide bonds. The van der Waals surface area contributed by atoms with Crippen molar-refractivity contribution in [3.8, 4) is 0 Å². The van der Waals surface area contributed by atoms with Crippen molar-refractivity contribution in [1.82, 2.24) is 0 Å². The molecule has 7 heteroatoms. The molecule has 0 unspecified atom stereocenters. The molecule has 0 N–H and O–H groups in total. The highest BCUT2D eigenvalue weighted by Crippen LogP contribution is 2.39. The largest absolute Gasteiger partial charge is 0.724 e. The molecule has 0 heterocycles. The minimum Gasteiger partial charge on any atom is -0.724 e. The van der Waals surface area contributed by atoms with Gasteiger partial charge in [-0.3, -0.25) is 4.79 Å². The van der Waals surface area contributed by atoms with Crippen molar-refractivity contribution in [2.75, 3.05) is 26.2 Å². The molecular weight excluding hydrogens is 532 g/mol. The van der Waals surface area contributed by atoms with Crippen LogP contribution in [0.3, 0.4) is 0 Å². The van der Waals surface area contributed by atoms with Gasteiger partial charge < -0.3 is 9.89 Å². The zero-order chi connectivity index (χ0) is 17.4. The molecule has 0 spiro atoms. The van der Waals surface area contributed by atoms with Crippen LogP contribution in [0, 0.1) is 0 Å². The highest BCUT2D eigenvalue weighted by Gasteiger charge is 2.22. The van der Waals surface area contributed by atoms with Gasteiger partial charge in [-0.25, -0.2) is 0 Å². The summed E-state index contributed by atoms with van der Waals surface area (Å²) in [4.78, 5) is 8.24. The Labute approximate surface area is 164 Å². The molecule has 0 aromatic rings. The van der Waals surface area contributed by atoms with Crippen molar-refractivity contribution in [3.05, 3.63) is 5.41 Å². The summed E-state index contributed by atoms with van der Waals surface area (Å²) >= 11 is 12.5. The van der Waals surface area contributed by atoms with Crippen LogP contribution in [0.15, 0.2) is 0 Å². The van der Waals surface area contributed by atoms with E-state index in [0.717, 1.165) is 0 Å². The zero-order valence-electron chi connectivity index (χ0n) is 13.5. The number of carbonyl (C=O) groups excluding carboxylic acids is 1. The van der Waals surface area contributed by atoms with Crippen molar-refractivity contribution in [2.24, 2.45) is 0 Å². The Balaban J connectivity index is -0.000000335. The van der Waals surface area contributed by atoms with Gasteiger partial charge in [-0.2, -0.15) is 0 Å². The number of hydrogen-bond donors (Lipinski definition) is 0. The van der Waals surface area contributed by atoms with Crippen LogP contribution in [0.25, 0.3) is 5.41 Å². The molecule has 0 aliphatic carbocycles. The van der Waals surface area contributed by atoms with Gasteiger partial charge in [-0.1, -0.05) is 27.7 Å². The second-order valence-corrected chi connectivity index (χ2v) is 15.9. The number of halogens is 4. The average molecular weight is 560 g/mol. The molecule has 0 saturated heterocycles. The van der Waals surface area contributed by atoms with Gasteiger partial charge in [0.15, 0.2) is 1.05 Å². The highest BCUT2D eigenvalue weighted by molar-refractivity contribution is 9.52. The maximum Gasteiger partial charge on any atom is 0.189 e. The Hall–Kier alpha value is 1.26. The fraction of sp³-hybridized carbons (Fsp3) is 0.929. The topological polar surface area (TPSA) is 39.4 Å². The predicted molar refractivity (Wildman–Crippen MR) is 108 cm³/mol. The van der Waals surface area contributed by atoms with Crippen LogP contribution >= 0.6 is 63.7 Å². The highest BCUT2D eigenvalue weighted by atomic mass is 80.0. The van der Waals surface area contributed by atoms with Crippen molar-refractivity contribution in [1.29, 1.82) is 0 Å². The number of isocyanates is 1. The van der Waals surface area contributed by atoms with Gasteiger partial charge in [0.05, 0.1) is 26.2 Å². The van der Waals surface area contributed by atoms with Crippen LogP contribution in [-0.4, -0.2) is 37.8 Å². The number of hydrogen-bond acceptors (Lipinski definition) is 1. The van der Waals surface area contributed by atoms with Crippen molar-refractivity contribution >= 4 is 69.8 Å². The van der Waals surface area contributed by atoms with E-state index in [1.165, 1.54) is 56.3 Å². The summed E-state index contributed by atoms with van der Waals surface area (Å²) in [6, 6.07) is 0. The first-order valence-electron chi connectivity index (χ1n) is 7.28. The van der Waals surface area contributed by atoms with Crippen LogP contribution in [-0.2, 0) is 4.79 Å². The number of quaternary nitrogens is 1. The molecule has 0 saturated carbocycles. The van der Waals surface area contributed by atoms with E-state index in [2.05, 4.69) is 91.4 Å². The molecule has 0 radical (unpaired) electrons. The maximum absolute atomic E-state index is 8.24. The average Bonchev–Trinajstić information content (AvgIpc) is 2.29. The monoisotopic (exact) mass is 556 g/mol. The maximum atomic E-state index is 8.24. The molecule has 0 atom stereocenters. The molecular formula is C14H28Br4N2O. The SMILES string of the molecule is BrC(Br)(Br)Br.CCC[N+](CCC)(CCC)CCC.[N-]=C=O. The minimum atomic E-state index is -0.250. The van der Waals surface area contributed by atoms with Gasteiger partial charge >= 0.3 is 0 Å². The second-order valence-electron chi connectivity index (χ2n) is 4.76. The summed E-state index contributed by atoms with van der Waals surface area (Å²) in [5.41, 5.74) is 0. The minimum absolute atomic E-state index is 0.250. The summed E-state index contributed by atoms with van der Waals surface area (Å²) in [6.07, 6.45) is 5.83. The molecule has 21 heavy (non-hydrogen) atoms. The van der Waals surface area contributed by atoms with Crippen molar-refractivity contribution in [2.45, 2.75) is 54.4 Å². The number of nitrogens with zero attached hydrogens (tertiary/aromatic N) is 2. The van der Waals surface area contributed by atoms with Crippen molar-refractivity contribution in [3.63, 3.8) is 0 Å². The summed E-state index contributed by atoms with van der Waals surface area (Å²) < 4.78 is 1.12. The fourth-order valence-corrected chi connectivity index (χ4v) is 2.57. The van der Waals surface area contributed by atoms with E-state index < -0.39 is 0 Å². The first-order chi connectivity index (χ1) is 9.66. The normalized spacial score (nSPS) is 10.7. The van der Waals surface area contributed by atoms with Crippen LogP contribution in [0.1, 0.15) is 53.4 Å². The molecule has 0 aromatic carbocycles. The quantitative estimate of drug-likeness (QED) is 0.145. The van der Waals surface area contributed by atoms with E-state index in [1.807, 2.05) is 0 Å². The smallest absolute Gasteiger partial charge is 0.189 e. The lowest BCUT2D eigenvalue weighted by atomic mass is 10.2. The van der Waals surface area contributed by atoms with Gasteiger partial charge in [0.2, 0.25) is 0 Å². The lowest BCUT2D eigenvalue weighted by molar-refractivity contribution is -0.928. The Morgan fingerprint density at radius 2 is 0.952 bits per heavy atom. The first-order valence-corrected chi connectivity index (χ1v) is 10.4. The van der Waals surface area contributed by atoms with E-state index >= 15 is 0 Å². The third-order valence-electron chi connectivity index (χ3n) is 2.79. The molecule has 0 aromatic heterocycles. The standard InChI is InChI=1S/C12H28N.CBr4.CNO/c1-5-9-13(10-6-2,11-7-3)12-8-4;2-1(3,4)5;2-1-3/h5-12H2,1-4H3;;/q+1;;-1. The molecule has 0 aliphatic rings. The summed E-state index contributed by atoms with van der Waals surface area (Å²) in [5.74, 6) is 0. The summed E-state index contributed by atoms with van der Waals surface area (Å²) in [6.45, 7) is 14.8. The molecule has 0 bridgehead atoms. The molecule has 0 fully saturated rings. The number of rotatable bonds is 8. The Morgan fingerprint density at radius 3 is 1.05 bits per heavy atom. The van der Waals surface area contributed by atoms with E-state index in [9.17, 15) is 0 Å². The lowest BCUT2D eigenvalue weighted by Crippen LogP contribution is -2.50. The van der Waals surface area contributed by atoms with Gasteiger partial charge in [0, 0.05) is 0 Å². The first kappa shape index (κ1) is 27.1. The van der Waals surface area contributed by atoms with Crippen LogP contribution in [0.5, 0.6) is 0 Å². The Bertz CT molecular complexity index is 216. The summed E-state index contributed by atoms with van der Waals surface area (Å²) in [7, 11) is 0. The molecule has 3 nitrogen and oxygen atoms in total. The number of alkyl halides is 4. The lowest BCUT2D eigenvalue weighted by Gasteiger charge is -2.38. The van der Waals surface area contributed by atoms with E-state index in [4.69, 9.17) is 10.2 Å². The Morgan fingerprint density at radius 1 is 0.810 bits per heavy atom. The molecule has 0 aliphatic heterocycles. The van der Waals surface area contributed by atoms with Crippen LogP contribution < -0.4 is 0 Å². The van der Waals surface area contributed by atoms with Gasteiger partial charge in [-0.15, -0.1) is 0 Å². The van der Waals surface area contributed by atoms with E-state index in [0.29, 0.717) is 6.08 Å². The van der Waals surface area contributed by atoms with Gasteiger partial charge in [0.1, 0.15) is 0 Å². The van der Waals surface area contributed by atoms with Crippen LogP contribution in [0.2, 0.25) is 0 Å².